The highest BCUT2D eigenvalue weighted by Gasteiger charge is 2.25. The highest BCUT2D eigenvalue weighted by molar-refractivity contribution is 5.66. The summed E-state index contributed by atoms with van der Waals surface area (Å²) in [6.45, 7) is 15.4. The summed E-state index contributed by atoms with van der Waals surface area (Å²) in [6, 6.07) is 4.26. The molecule has 1 rings (SSSR count). The third-order valence-corrected chi connectivity index (χ3v) is 3.30. The summed E-state index contributed by atoms with van der Waals surface area (Å²) < 4.78 is 5.28. The number of benzene rings is 1. The van der Waals surface area contributed by atoms with Crippen molar-refractivity contribution in [1.82, 2.24) is 0 Å². The zero-order chi connectivity index (χ0) is 15.6. The van der Waals surface area contributed by atoms with Crippen molar-refractivity contribution >= 4 is 12.5 Å². The molecule has 0 amide bonds. The minimum Gasteiger partial charge on any atom is -0.428 e. The van der Waals surface area contributed by atoms with Gasteiger partial charge in [-0.25, -0.2) is 0 Å². The Balaban J connectivity index is 3.68. The Hall–Kier alpha value is -1.57. The molecule has 110 valence electrons. The van der Waals surface area contributed by atoms with E-state index in [1.54, 1.807) is 0 Å². The second-order valence-corrected chi connectivity index (χ2v) is 7.16. The van der Waals surface area contributed by atoms with E-state index in [-0.39, 0.29) is 10.8 Å². The van der Waals surface area contributed by atoms with Crippen LogP contribution in [-0.2, 0) is 15.6 Å². The zero-order valence-electron chi connectivity index (χ0n) is 13.7. The van der Waals surface area contributed by atoms with Crippen LogP contribution in [-0.4, -0.2) is 6.47 Å². The average Bonchev–Trinajstić information content (AvgIpc) is 2.28. The maximum Gasteiger partial charge on any atom is 0.298 e. The van der Waals surface area contributed by atoms with E-state index in [1.807, 2.05) is 19.1 Å². The highest BCUT2D eigenvalue weighted by Crippen LogP contribution is 2.38. The van der Waals surface area contributed by atoms with Crippen molar-refractivity contribution in [1.29, 1.82) is 0 Å². The Morgan fingerprint density at radius 2 is 1.60 bits per heavy atom. The molecular weight excluding hydrogens is 248 g/mol. The fourth-order valence-electron chi connectivity index (χ4n) is 2.12. The summed E-state index contributed by atoms with van der Waals surface area (Å²) >= 11 is 0. The van der Waals surface area contributed by atoms with Crippen LogP contribution in [0.25, 0.3) is 6.08 Å². The molecule has 0 bridgehead atoms. The third-order valence-electron chi connectivity index (χ3n) is 3.30. The van der Waals surface area contributed by atoms with Crippen molar-refractivity contribution in [3.05, 3.63) is 34.9 Å². The van der Waals surface area contributed by atoms with Crippen molar-refractivity contribution in [2.75, 3.05) is 0 Å². The molecule has 0 N–H and O–H groups in total. The molecule has 0 saturated heterocycles. The molecule has 0 aliphatic rings. The molecule has 1 aromatic rings. The van der Waals surface area contributed by atoms with Gasteiger partial charge in [-0.3, -0.25) is 4.79 Å². The minimum absolute atomic E-state index is 0.0516. The van der Waals surface area contributed by atoms with Crippen molar-refractivity contribution in [2.45, 2.75) is 59.3 Å². The molecule has 2 nitrogen and oxygen atoms in total. The van der Waals surface area contributed by atoms with Gasteiger partial charge in [0.2, 0.25) is 0 Å². The number of hydrogen-bond acceptors (Lipinski definition) is 2. The van der Waals surface area contributed by atoms with Crippen LogP contribution < -0.4 is 4.74 Å². The van der Waals surface area contributed by atoms with Gasteiger partial charge in [0.1, 0.15) is 5.75 Å². The summed E-state index contributed by atoms with van der Waals surface area (Å²) in [7, 11) is 0. The van der Waals surface area contributed by atoms with Gasteiger partial charge in [-0.15, -0.1) is 0 Å². The van der Waals surface area contributed by atoms with Crippen LogP contribution in [0.3, 0.4) is 0 Å². The lowest BCUT2D eigenvalue weighted by molar-refractivity contribution is -0.120. The predicted octanol–water partition coefficient (Wildman–Crippen LogP) is 4.85. The van der Waals surface area contributed by atoms with Crippen LogP contribution in [0.5, 0.6) is 5.75 Å². The molecule has 0 aliphatic carbocycles. The Morgan fingerprint density at radius 1 is 1.00 bits per heavy atom. The van der Waals surface area contributed by atoms with E-state index in [9.17, 15) is 4.79 Å². The standard InChI is InChI=1S/C18H26O2/c1-8-9-13-10-14(17(2,3)4)11-15(18(5,6)7)16(13)20-12-19/h8-12H,1-7H3/b9-8-. The summed E-state index contributed by atoms with van der Waals surface area (Å²) in [5.74, 6) is 0.665. The van der Waals surface area contributed by atoms with Crippen LogP contribution in [0, 0.1) is 0 Å². The molecule has 0 radical (unpaired) electrons. The summed E-state index contributed by atoms with van der Waals surface area (Å²) in [5, 5.41) is 0. The maximum absolute atomic E-state index is 10.8. The van der Waals surface area contributed by atoms with Crippen LogP contribution in [0.4, 0.5) is 0 Å². The fraction of sp³-hybridized carbons (Fsp3) is 0.500. The topological polar surface area (TPSA) is 26.3 Å². The molecule has 20 heavy (non-hydrogen) atoms. The Bertz CT molecular complexity index is 511. The smallest absolute Gasteiger partial charge is 0.298 e. The molecule has 0 atom stereocenters. The zero-order valence-corrected chi connectivity index (χ0v) is 13.7. The normalized spacial score (nSPS) is 12.8. The quantitative estimate of drug-likeness (QED) is 0.736. The van der Waals surface area contributed by atoms with Gasteiger partial charge in [0.15, 0.2) is 0 Å². The summed E-state index contributed by atoms with van der Waals surface area (Å²) in [5.41, 5.74) is 3.22. The first kappa shape index (κ1) is 16.5. The monoisotopic (exact) mass is 274 g/mol. The van der Waals surface area contributed by atoms with E-state index in [2.05, 4.69) is 53.7 Å². The molecule has 0 heterocycles. The number of allylic oxidation sites excluding steroid dienone is 1. The van der Waals surface area contributed by atoms with E-state index in [0.29, 0.717) is 12.2 Å². The van der Waals surface area contributed by atoms with Crippen LogP contribution in [0.15, 0.2) is 18.2 Å². The lowest BCUT2D eigenvalue weighted by Crippen LogP contribution is -2.18. The van der Waals surface area contributed by atoms with Crippen LogP contribution >= 0.6 is 0 Å². The van der Waals surface area contributed by atoms with E-state index < -0.39 is 0 Å². The van der Waals surface area contributed by atoms with E-state index in [1.165, 1.54) is 5.56 Å². The molecule has 0 fully saturated rings. The van der Waals surface area contributed by atoms with Crippen molar-refractivity contribution in [3.8, 4) is 5.75 Å². The minimum atomic E-state index is -0.0874. The van der Waals surface area contributed by atoms with Crippen LogP contribution in [0.2, 0.25) is 0 Å². The molecule has 0 aromatic heterocycles. The predicted molar refractivity (Wildman–Crippen MR) is 85.2 cm³/mol. The largest absolute Gasteiger partial charge is 0.428 e. The maximum atomic E-state index is 10.8. The number of ether oxygens (including phenoxy) is 1. The molecule has 0 unspecified atom stereocenters. The number of carbonyl (C=O) groups is 1. The number of rotatable bonds is 3. The van der Waals surface area contributed by atoms with Crippen molar-refractivity contribution in [2.24, 2.45) is 0 Å². The van der Waals surface area contributed by atoms with Gasteiger partial charge >= 0.3 is 0 Å². The van der Waals surface area contributed by atoms with Gasteiger partial charge in [-0.2, -0.15) is 0 Å². The second-order valence-electron chi connectivity index (χ2n) is 7.16. The Labute approximate surface area is 122 Å². The van der Waals surface area contributed by atoms with Gasteiger partial charge in [0.05, 0.1) is 0 Å². The first-order valence-electron chi connectivity index (χ1n) is 7.03. The number of carbonyl (C=O) groups excluding carboxylic acids is 1. The summed E-state index contributed by atoms with van der Waals surface area (Å²) in [6.07, 6.45) is 3.95. The fourth-order valence-corrected chi connectivity index (χ4v) is 2.12. The molecule has 0 spiro atoms. The molecular formula is C18H26O2. The highest BCUT2D eigenvalue weighted by atomic mass is 16.5. The molecule has 0 aliphatic heterocycles. The van der Waals surface area contributed by atoms with Crippen molar-refractivity contribution in [3.63, 3.8) is 0 Å². The lowest BCUT2D eigenvalue weighted by Gasteiger charge is -2.28. The average molecular weight is 274 g/mol. The van der Waals surface area contributed by atoms with Crippen LogP contribution in [0.1, 0.15) is 65.2 Å². The molecule has 0 saturated carbocycles. The first-order chi connectivity index (χ1) is 9.11. The lowest BCUT2D eigenvalue weighted by atomic mass is 9.79. The van der Waals surface area contributed by atoms with Gasteiger partial charge in [0, 0.05) is 11.1 Å². The molecule has 1 aromatic carbocycles. The van der Waals surface area contributed by atoms with E-state index in [4.69, 9.17) is 4.74 Å². The van der Waals surface area contributed by atoms with Gasteiger partial charge in [-0.1, -0.05) is 59.8 Å². The number of hydrogen-bond donors (Lipinski definition) is 0. The first-order valence-corrected chi connectivity index (χ1v) is 7.03. The molecule has 2 heteroatoms. The van der Waals surface area contributed by atoms with E-state index in [0.717, 1.165) is 11.1 Å². The third kappa shape index (κ3) is 3.72. The Kier molecular flexibility index (Phi) is 4.80. The van der Waals surface area contributed by atoms with Gasteiger partial charge in [0.25, 0.3) is 6.47 Å². The van der Waals surface area contributed by atoms with Gasteiger partial charge in [-0.05, 0) is 29.4 Å². The second kappa shape index (κ2) is 5.82. The SMILES string of the molecule is C/C=C\c1cc(C(C)(C)C)cc(C(C)(C)C)c1OC=O. The summed E-state index contributed by atoms with van der Waals surface area (Å²) in [4.78, 5) is 10.8. The van der Waals surface area contributed by atoms with E-state index >= 15 is 0 Å². The van der Waals surface area contributed by atoms with Crippen molar-refractivity contribution < 1.29 is 9.53 Å². The van der Waals surface area contributed by atoms with Gasteiger partial charge < -0.3 is 4.74 Å². The Morgan fingerprint density at radius 3 is 2.00 bits per heavy atom.